The molecule has 1 unspecified atom stereocenters. The summed E-state index contributed by atoms with van der Waals surface area (Å²) in [5.74, 6) is 0. The fourth-order valence-electron chi connectivity index (χ4n) is 2.00. The van der Waals surface area contributed by atoms with Crippen LogP contribution in [0.15, 0.2) is 54.6 Å². The number of hydrogen-bond acceptors (Lipinski definition) is 0. The van der Waals surface area contributed by atoms with E-state index in [1.54, 1.807) is 0 Å². The molecule has 0 heterocycles. The van der Waals surface area contributed by atoms with Gasteiger partial charge in [-0.3, -0.25) is 0 Å². The quantitative estimate of drug-likeness (QED) is 0.610. The van der Waals surface area contributed by atoms with Crippen LogP contribution in [0.4, 0.5) is 0 Å². The molecule has 0 nitrogen and oxygen atoms in total. The van der Waals surface area contributed by atoms with Gasteiger partial charge < -0.3 is 0 Å². The number of alkyl halides is 1. The molecule has 2 rings (SSSR count). The third kappa shape index (κ3) is 3.86. The molecule has 94 valence electrons. The van der Waals surface area contributed by atoms with E-state index in [0.717, 1.165) is 24.3 Å². The second kappa shape index (κ2) is 6.96. The van der Waals surface area contributed by atoms with Gasteiger partial charge in [0.25, 0.3) is 0 Å². The van der Waals surface area contributed by atoms with Crippen molar-refractivity contribution in [2.24, 2.45) is 0 Å². The van der Waals surface area contributed by atoms with E-state index in [9.17, 15) is 0 Å². The highest BCUT2D eigenvalue weighted by atomic mass is 79.9. The molecule has 0 aliphatic rings. The Balaban J connectivity index is 1.84. The van der Waals surface area contributed by atoms with Gasteiger partial charge in [-0.25, -0.2) is 0 Å². The molecule has 0 N–H and O–H groups in total. The molecule has 0 saturated heterocycles. The first-order valence-electron chi connectivity index (χ1n) is 6.20. The van der Waals surface area contributed by atoms with Crippen molar-refractivity contribution in [1.82, 2.24) is 0 Å². The van der Waals surface area contributed by atoms with E-state index in [1.807, 2.05) is 24.3 Å². The van der Waals surface area contributed by atoms with Gasteiger partial charge in [0.05, 0.1) is 0 Å². The number of rotatable bonds is 5. The van der Waals surface area contributed by atoms with Crippen molar-refractivity contribution < 1.29 is 0 Å². The molecule has 2 aromatic rings. The van der Waals surface area contributed by atoms with Crippen molar-refractivity contribution in [3.8, 4) is 0 Å². The van der Waals surface area contributed by atoms with Gasteiger partial charge in [-0.2, -0.15) is 0 Å². The first-order valence-corrected chi connectivity index (χ1v) is 7.49. The zero-order chi connectivity index (χ0) is 12.8. The lowest BCUT2D eigenvalue weighted by molar-refractivity contribution is 0.730. The molecule has 0 fully saturated rings. The number of benzene rings is 2. The van der Waals surface area contributed by atoms with Gasteiger partial charge in [0.1, 0.15) is 0 Å². The molecule has 0 aliphatic heterocycles. The molecule has 0 aliphatic carbocycles. The highest BCUT2D eigenvalue weighted by molar-refractivity contribution is 9.09. The molecular weight excluding hydrogens is 308 g/mol. The van der Waals surface area contributed by atoms with Crippen LogP contribution >= 0.6 is 27.5 Å². The van der Waals surface area contributed by atoms with E-state index >= 15 is 0 Å². The van der Waals surface area contributed by atoms with Crippen LogP contribution < -0.4 is 0 Å². The Labute approximate surface area is 122 Å². The van der Waals surface area contributed by atoms with Crippen molar-refractivity contribution in [1.29, 1.82) is 0 Å². The summed E-state index contributed by atoms with van der Waals surface area (Å²) in [5.41, 5.74) is 2.59. The molecule has 2 heteroatoms. The van der Waals surface area contributed by atoms with Crippen LogP contribution in [0.1, 0.15) is 28.8 Å². The second-order valence-electron chi connectivity index (χ2n) is 4.36. The van der Waals surface area contributed by atoms with Gasteiger partial charge in [-0.05, 0) is 36.5 Å². The summed E-state index contributed by atoms with van der Waals surface area (Å²) in [4.78, 5) is 0.432. The number of hydrogen-bond donors (Lipinski definition) is 0. The maximum Gasteiger partial charge on any atom is 0.0437 e. The molecule has 0 spiro atoms. The zero-order valence-electron chi connectivity index (χ0n) is 10.2. The maximum atomic E-state index is 6.14. The van der Waals surface area contributed by atoms with Crippen LogP contribution in [0.2, 0.25) is 5.02 Å². The van der Waals surface area contributed by atoms with Gasteiger partial charge in [0.15, 0.2) is 0 Å². The van der Waals surface area contributed by atoms with Gasteiger partial charge >= 0.3 is 0 Å². The molecule has 18 heavy (non-hydrogen) atoms. The molecule has 0 aromatic heterocycles. The predicted molar refractivity (Wildman–Crippen MR) is 82.5 cm³/mol. The summed E-state index contributed by atoms with van der Waals surface area (Å²) in [6, 6.07) is 18.6. The van der Waals surface area contributed by atoms with Crippen LogP contribution in [-0.4, -0.2) is 0 Å². The molecule has 0 radical (unpaired) electrons. The van der Waals surface area contributed by atoms with Gasteiger partial charge in [-0.15, -0.1) is 0 Å². The van der Waals surface area contributed by atoms with Crippen molar-refractivity contribution in [2.75, 3.05) is 0 Å². The summed E-state index contributed by atoms with van der Waals surface area (Å²) in [5, 5.41) is 0.878. The van der Waals surface area contributed by atoms with E-state index in [-0.39, 0.29) is 0 Å². The Morgan fingerprint density at radius 3 is 2.33 bits per heavy atom. The second-order valence-corrected chi connectivity index (χ2v) is 5.87. The van der Waals surface area contributed by atoms with Crippen LogP contribution in [0.5, 0.6) is 0 Å². The molecule has 0 bridgehead atoms. The fourth-order valence-corrected chi connectivity index (χ4v) is 2.86. The number of aryl methyl sites for hydroxylation is 1. The van der Waals surface area contributed by atoms with Crippen molar-refractivity contribution in [3.63, 3.8) is 0 Å². The predicted octanol–water partition coefficient (Wildman–Crippen LogP) is 5.80. The van der Waals surface area contributed by atoms with Crippen molar-refractivity contribution >= 4 is 27.5 Å². The third-order valence-electron chi connectivity index (χ3n) is 3.02. The topological polar surface area (TPSA) is 0 Å². The van der Waals surface area contributed by atoms with Gasteiger partial charge in [0.2, 0.25) is 0 Å². The minimum absolute atomic E-state index is 0.432. The van der Waals surface area contributed by atoms with E-state index in [0.29, 0.717) is 4.83 Å². The highest BCUT2D eigenvalue weighted by Crippen LogP contribution is 2.28. The minimum Gasteiger partial charge on any atom is -0.0840 e. The average Bonchev–Trinajstić information content (AvgIpc) is 2.42. The first-order chi connectivity index (χ1) is 8.77. The molecule has 1 atom stereocenters. The van der Waals surface area contributed by atoms with Gasteiger partial charge in [-0.1, -0.05) is 76.1 Å². The Kier molecular flexibility index (Phi) is 5.27. The van der Waals surface area contributed by atoms with E-state index < -0.39 is 0 Å². The Bertz CT molecular complexity index is 481. The standard InChI is InChI=1S/C16H16BrCl/c17-15(13-7-2-1-3-8-13)11-6-10-14-9-4-5-12-16(14)18/h1-5,7-9,12,15H,6,10-11H2. The van der Waals surface area contributed by atoms with Crippen molar-refractivity contribution in [2.45, 2.75) is 24.1 Å². The van der Waals surface area contributed by atoms with Crippen LogP contribution in [0.3, 0.4) is 0 Å². The van der Waals surface area contributed by atoms with Crippen LogP contribution in [-0.2, 0) is 6.42 Å². The third-order valence-corrected chi connectivity index (χ3v) is 4.38. The lowest BCUT2D eigenvalue weighted by Crippen LogP contribution is -1.92. The molecule has 0 amide bonds. The summed E-state index contributed by atoms with van der Waals surface area (Å²) < 4.78 is 0. The van der Waals surface area contributed by atoms with Crippen molar-refractivity contribution in [3.05, 3.63) is 70.7 Å². The SMILES string of the molecule is Clc1ccccc1CCCC(Br)c1ccccc1. The lowest BCUT2D eigenvalue weighted by atomic mass is 10.0. The summed E-state index contributed by atoms with van der Waals surface area (Å²) in [6.07, 6.45) is 3.29. The fraction of sp³-hybridized carbons (Fsp3) is 0.250. The van der Waals surface area contributed by atoms with E-state index in [2.05, 4.69) is 46.3 Å². The maximum absolute atomic E-state index is 6.14. The summed E-state index contributed by atoms with van der Waals surface area (Å²) in [6.45, 7) is 0. The highest BCUT2D eigenvalue weighted by Gasteiger charge is 2.07. The summed E-state index contributed by atoms with van der Waals surface area (Å²) in [7, 11) is 0. The largest absolute Gasteiger partial charge is 0.0840 e. The smallest absolute Gasteiger partial charge is 0.0437 e. The summed E-state index contributed by atoms with van der Waals surface area (Å²) >= 11 is 9.89. The Morgan fingerprint density at radius 2 is 1.61 bits per heavy atom. The lowest BCUT2D eigenvalue weighted by Gasteiger charge is -2.10. The average molecular weight is 324 g/mol. The molecular formula is C16H16BrCl. The Hall–Kier alpha value is -0.790. The molecule has 0 saturated carbocycles. The van der Waals surface area contributed by atoms with E-state index in [1.165, 1.54) is 11.1 Å². The Morgan fingerprint density at radius 1 is 0.944 bits per heavy atom. The normalized spacial score (nSPS) is 12.3. The first kappa shape index (κ1) is 13.6. The number of halogens is 2. The van der Waals surface area contributed by atoms with Crippen LogP contribution in [0, 0.1) is 0 Å². The zero-order valence-corrected chi connectivity index (χ0v) is 12.5. The minimum atomic E-state index is 0.432. The van der Waals surface area contributed by atoms with Gasteiger partial charge in [0, 0.05) is 9.85 Å². The van der Waals surface area contributed by atoms with Crippen LogP contribution in [0.25, 0.3) is 0 Å². The van der Waals surface area contributed by atoms with E-state index in [4.69, 9.17) is 11.6 Å². The monoisotopic (exact) mass is 322 g/mol. The molecule has 2 aromatic carbocycles.